The van der Waals surface area contributed by atoms with Gasteiger partial charge in [-0.25, -0.2) is 4.79 Å². The molecule has 0 aliphatic rings. The van der Waals surface area contributed by atoms with Gasteiger partial charge in [-0.2, -0.15) is 0 Å². The molecule has 0 bridgehead atoms. The van der Waals surface area contributed by atoms with E-state index in [1.165, 1.54) is 6.07 Å². The summed E-state index contributed by atoms with van der Waals surface area (Å²) in [6.07, 6.45) is 0. The third kappa shape index (κ3) is 4.71. The van der Waals surface area contributed by atoms with E-state index in [1.54, 1.807) is 19.2 Å². The van der Waals surface area contributed by atoms with Crippen LogP contribution in [0, 0.1) is 5.92 Å². The zero-order chi connectivity index (χ0) is 20.1. The van der Waals surface area contributed by atoms with Gasteiger partial charge in [0.15, 0.2) is 6.61 Å². The van der Waals surface area contributed by atoms with Crippen LogP contribution in [0.3, 0.4) is 0 Å². The van der Waals surface area contributed by atoms with Crippen LogP contribution < -0.4 is 20.4 Å². The molecule has 0 aliphatic carbocycles. The maximum Gasteiger partial charge on any atom is 0.336 e. The molecule has 3 aromatic rings. The Balaban J connectivity index is 1.84. The Morgan fingerprint density at radius 2 is 1.79 bits per heavy atom. The van der Waals surface area contributed by atoms with Crippen LogP contribution in [0.5, 0.6) is 11.5 Å². The van der Waals surface area contributed by atoms with Gasteiger partial charge in [0.2, 0.25) is 0 Å². The number of carbonyl (C=O) groups is 1. The number of hydrogen-bond acceptors (Lipinski definition) is 5. The van der Waals surface area contributed by atoms with Gasteiger partial charge in [0.1, 0.15) is 17.1 Å². The lowest BCUT2D eigenvalue weighted by Gasteiger charge is -2.10. The van der Waals surface area contributed by atoms with E-state index in [1.807, 2.05) is 44.2 Å². The van der Waals surface area contributed by atoms with Crippen LogP contribution in [0.25, 0.3) is 22.1 Å². The van der Waals surface area contributed by atoms with Crippen LogP contribution in [0.1, 0.15) is 13.8 Å². The second kappa shape index (κ2) is 8.61. The summed E-state index contributed by atoms with van der Waals surface area (Å²) in [6.45, 7) is 4.54. The molecule has 0 radical (unpaired) electrons. The number of methoxy groups -OCH3 is 1. The summed E-state index contributed by atoms with van der Waals surface area (Å²) in [5.74, 6) is 1.38. The Morgan fingerprint density at radius 3 is 2.46 bits per heavy atom. The van der Waals surface area contributed by atoms with E-state index < -0.39 is 5.63 Å². The fourth-order valence-corrected chi connectivity index (χ4v) is 2.76. The number of ether oxygens (including phenoxy) is 2. The lowest BCUT2D eigenvalue weighted by molar-refractivity contribution is -0.123. The van der Waals surface area contributed by atoms with E-state index in [-0.39, 0.29) is 12.5 Å². The van der Waals surface area contributed by atoms with Gasteiger partial charge in [-0.1, -0.05) is 26.0 Å². The maximum absolute atomic E-state index is 12.0. The van der Waals surface area contributed by atoms with Crippen molar-refractivity contribution in [3.05, 3.63) is 59.0 Å². The van der Waals surface area contributed by atoms with E-state index in [0.29, 0.717) is 23.8 Å². The average Bonchev–Trinajstić information content (AvgIpc) is 2.69. The van der Waals surface area contributed by atoms with Crippen molar-refractivity contribution in [3.63, 3.8) is 0 Å². The van der Waals surface area contributed by atoms with Gasteiger partial charge < -0.3 is 19.2 Å². The van der Waals surface area contributed by atoms with Crippen molar-refractivity contribution in [2.75, 3.05) is 20.3 Å². The van der Waals surface area contributed by atoms with Gasteiger partial charge in [-0.3, -0.25) is 4.79 Å². The van der Waals surface area contributed by atoms with E-state index in [9.17, 15) is 9.59 Å². The highest BCUT2D eigenvalue weighted by Gasteiger charge is 2.10. The molecule has 0 fully saturated rings. The van der Waals surface area contributed by atoms with Crippen LogP contribution in [0.2, 0.25) is 0 Å². The quantitative estimate of drug-likeness (QED) is 0.633. The first-order valence-corrected chi connectivity index (χ1v) is 9.08. The molecule has 1 amide bonds. The van der Waals surface area contributed by atoms with Crippen molar-refractivity contribution in [2.45, 2.75) is 13.8 Å². The number of rotatable bonds is 7. The molecule has 0 unspecified atom stereocenters. The van der Waals surface area contributed by atoms with Crippen LogP contribution in [0.15, 0.2) is 57.7 Å². The number of carbonyl (C=O) groups excluding carboxylic acids is 1. The van der Waals surface area contributed by atoms with E-state index in [2.05, 4.69) is 5.32 Å². The Hall–Kier alpha value is -3.28. The molecule has 1 N–H and O–H groups in total. The summed E-state index contributed by atoms with van der Waals surface area (Å²) in [4.78, 5) is 23.8. The van der Waals surface area contributed by atoms with Crippen molar-refractivity contribution >= 4 is 16.9 Å². The molecule has 3 rings (SSSR count). The third-order valence-corrected chi connectivity index (χ3v) is 4.19. The predicted octanol–water partition coefficient (Wildman–Crippen LogP) is 3.62. The highest BCUT2D eigenvalue weighted by Crippen LogP contribution is 2.30. The average molecular weight is 381 g/mol. The topological polar surface area (TPSA) is 77.8 Å². The third-order valence-electron chi connectivity index (χ3n) is 4.19. The first-order valence-electron chi connectivity index (χ1n) is 9.08. The Labute approximate surface area is 163 Å². The van der Waals surface area contributed by atoms with Crippen LogP contribution in [0.4, 0.5) is 0 Å². The Bertz CT molecular complexity index is 1020. The van der Waals surface area contributed by atoms with Crippen molar-refractivity contribution in [2.24, 2.45) is 5.92 Å². The van der Waals surface area contributed by atoms with Gasteiger partial charge in [0.25, 0.3) is 5.91 Å². The molecule has 0 saturated carbocycles. The normalized spacial score (nSPS) is 10.9. The second-order valence-electron chi connectivity index (χ2n) is 6.85. The highest BCUT2D eigenvalue weighted by atomic mass is 16.5. The fourth-order valence-electron chi connectivity index (χ4n) is 2.76. The Morgan fingerprint density at radius 1 is 1.07 bits per heavy atom. The predicted molar refractivity (Wildman–Crippen MR) is 108 cm³/mol. The number of amides is 1. The first-order chi connectivity index (χ1) is 13.5. The number of benzene rings is 2. The molecule has 2 aromatic carbocycles. The van der Waals surface area contributed by atoms with Crippen molar-refractivity contribution < 1.29 is 18.7 Å². The molecule has 6 nitrogen and oxygen atoms in total. The summed E-state index contributed by atoms with van der Waals surface area (Å²) in [6, 6.07) is 14.1. The zero-order valence-corrected chi connectivity index (χ0v) is 16.2. The van der Waals surface area contributed by atoms with Crippen molar-refractivity contribution in [1.82, 2.24) is 5.32 Å². The van der Waals surface area contributed by atoms with E-state index >= 15 is 0 Å². The largest absolute Gasteiger partial charge is 0.497 e. The molecule has 1 aromatic heterocycles. The summed E-state index contributed by atoms with van der Waals surface area (Å²) in [7, 11) is 1.60. The SMILES string of the molecule is COc1ccc(-c2cc(=O)oc3cc(OCC(=O)NCC(C)C)ccc23)cc1. The van der Waals surface area contributed by atoms with E-state index in [0.717, 1.165) is 22.3 Å². The fraction of sp³-hybridized carbons (Fsp3) is 0.273. The molecule has 0 spiro atoms. The first kappa shape index (κ1) is 19.5. The van der Waals surface area contributed by atoms with Crippen LogP contribution >= 0.6 is 0 Å². The molecular formula is C22H23NO5. The smallest absolute Gasteiger partial charge is 0.336 e. The minimum Gasteiger partial charge on any atom is -0.497 e. The standard InChI is InChI=1S/C22H23NO5/c1-14(2)12-23-21(24)13-27-17-8-9-18-19(11-22(25)28-20(18)10-17)15-4-6-16(26-3)7-5-15/h4-11,14H,12-13H2,1-3H3,(H,23,24). The van der Waals surface area contributed by atoms with Crippen LogP contribution in [-0.2, 0) is 4.79 Å². The molecular weight excluding hydrogens is 358 g/mol. The summed E-state index contributed by atoms with van der Waals surface area (Å²) in [5, 5.41) is 3.57. The van der Waals surface area contributed by atoms with E-state index in [4.69, 9.17) is 13.9 Å². The number of hydrogen-bond donors (Lipinski definition) is 1. The van der Waals surface area contributed by atoms with Gasteiger partial charge in [0, 0.05) is 24.1 Å². The van der Waals surface area contributed by atoms with Crippen molar-refractivity contribution in [1.29, 1.82) is 0 Å². The Kier molecular flexibility index (Phi) is 5.99. The van der Waals surface area contributed by atoms with Crippen molar-refractivity contribution in [3.8, 4) is 22.6 Å². The van der Waals surface area contributed by atoms with Gasteiger partial charge >= 0.3 is 5.63 Å². The molecule has 0 atom stereocenters. The molecule has 6 heteroatoms. The number of nitrogens with one attached hydrogen (secondary N) is 1. The minimum absolute atomic E-state index is 0.0966. The van der Waals surface area contributed by atoms with Crippen LogP contribution in [-0.4, -0.2) is 26.2 Å². The zero-order valence-electron chi connectivity index (χ0n) is 16.2. The monoisotopic (exact) mass is 381 g/mol. The molecule has 1 heterocycles. The molecule has 28 heavy (non-hydrogen) atoms. The van der Waals surface area contributed by atoms with Gasteiger partial charge in [0.05, 0.1) is 7.11 Å². The summed E-state index contributed by atoms with van der Waals surface area (Å²) >= 11 is 0. The lowest BCUT2D eigenvalue weighted by atomic mass is 10.0. The number of fused-ring (bicyclic) bond motifs is 1. The summed E-state index contributed by atoms with van der Waals surface area (Å²) in [5.41, 5.74) is 1.58. The highest BCUT2D eigenvalue weighted by molar-refractivity contribution is 5.93. The van der Waals surface area contributed by atoms with Gasteiger partial charge in [-0.05, 0) is 41.3 Å². The molecule has 146 valence electrons. The minimum atomic E-state index is -0.454. The maximum atomic E-state index is 12.0. The van der Waals surface area contributed by atoms with Gasteiger partial charge in [-0.15, -0.1) is 0 Å². The molecule has 0 saturated heterocycles. The lowest BCUT2D eigenvalue weighted by Crippen LogP contribution is -2.31. The molecule has 0 aliphatic heterocycles. The summed E-state index contributed by atoms with van der Waals surface area (Å²) < 4.78 is 16.0. The second-order valence-corrected chi connectivity index (χ2v) is 6.85.